The van der Waals surface area contributed by atoms with Gasteiger partial charge >= 0.3 is 0 Å². The fraction of sp³-hybridized carbons (Fsp3) is 0.500. The van der Waals surface area contributed by atoms with Gasteiger partial charge in [-0.05, 0) is 40.2 Å². The summed E-state index contributed by atoms with van der Waals surface area (Å²) in [6.45, 7) is 7.87. The molecule has 0 radical (unpaired) electrons. The molecule has 6 nitrogen and oxygen atoms in total. The van der Waals surface area contributed by atoms with Crippen molar-refractivity contribution in [1.82, 2.24) is 0 Å². The lowest BCUT2D eigenvalue weighted by Gasteiger charge is -2.45. The van der Waals surface area contributed by atoms with E-state index in [9.17, 15) is 15.4 Å². The summed E-state index contributed by atoms with van der Waals surface area (Å²) < 4.78 is 14.5. The van der Waals surface area contributed by atoms with E-state index in [0.29, 0.717) is 19.6 Å². The van der Waals surface area contributed by atoms with E-state index in [2.05, 4.69) is 81.4 Å². The third-order valence-corrected chi connectivity index (χ3v) is 15.3. The van der Waals surface area contributed by atoms with Crippen LogP contribution in [-0.4, -0.2) is 60.4 Å². The molecule has 0 aromatic heterocycles. The van der Waals surface area contributed by atoms with E-state index >= 15 is 0 Å². The van der Waals surface area contributed by atoms with E-state index in [-0.39, 0.29) is 30.6 Å². The van der Waals surface area contributed by atoms with Crippen LogP contribution in [0.3, 0.4) is 0 Å². The average Bonchev–Trinajstić information content (AvgIpc) is 3.45. The molecule has 0 unspecified atom stereocenters. The van der Waals surface area contributed by atoms with Crippen LogP contribution in [0, 0.1) is 17.0 Å². The van der Waals surface area contributed by atoms with Crippen LogP contribution in [0.2, 0.25) is 5.04 Å². The smallest absolute Gasteiger partial charge is 0.261 e. The Kier molecular flexibility index (Phi) is 11.0. The molecule has 242 valence electrons. The normalized spacial score (nSPS) is 22.1. The second kappa shape index (κ2) is 14.7. The van der Waals surface area contributed by atoms with Crippen molar-refractivity contribution in [2.45, 2.75) is 89.0 Å². The van der Waals surface area contributed by atoms with Crippen LogP contribution in [0.15, 0.2) is 91.0 Å². The van der Waals surface area contributed by atoms with Gasteiger partial charge in [0.25, 0.3) is 8.32 Å². The molecule has 1 aliphatic heterocycles. The van der Waals surface area contributed by atoms with E-state index in [1.807, 2.05) is 30.3 Å². The number of aliphatic hydroxyl groups is 2. The van der Waals surface area contributed by atoms with E-state index < -0.39 is 25.9 Å². The summed E-state index contributed by atoms with van der Waals surface area (Å²) >= 11 is 0. The highest BCUT2D eigenvalue weighted by molar-refractivity contribution is 6.99. The van der Waals surface area contributed by atoms with Crippen LogP contribution in [-0.2, 0) is 15.8 Å². The highest BCUT2D eigenvalue weighted by atomic mass is 28.4. The first-order valence-corrected chi connectivity index (χ1v) is 18.6. The Hall–Kier alpha value is -2.81. The molecule has 1 aliphatic carbocycles. The molecule has 0 amide bonds. The van der Waals surface area contributed by atoms with Crippen molar-refractivity contribution in [2.75, 3.05) is 19.8 Å². The molecule has 5 rings (SSSR count). The summed E-state index contributed by atoms with van der Waals surface area (Å²) in [7, 11) is -2.73. The zero-order chi connectivity index (χ0) is 31.9. The lowest BCUT2D eigenvalue weighted by Crippen LogP contribution is -2.67. The van der Waals surface area contributed by atoms with Crippen LogP contribution in [0.4, 0.5) is 0 Å². The van der Waals surface area contributed by atoms with Crippen LogP contribution < -0.4 is 10.4 Å². The molecule has 7 heteroatoms. The first-order valence-electron chi connectivity index (χ1n) is 16.7. The first kappa shape index (κ1) is 33.5. The molecule has 2 N–H and O–H groups in total. The summed E-state index contributed by atoms with van der Waals surface area (Å²) in [4.78, 5) is 0. The van der Waals surface area contributed by atoms with Gasteiger partial charge in [0.1, 0.15) is 0 Å². The molecule has 0 bridgehead atoms. The summed E-state index contributed by atoms with van der Waals surface area (Å²) in [5.74, 6) is -0.350. The van der Waals surface area contributed by atoms with Gasteiger partial charge in [-0.15, -0.1) is 0 Å². The number of aliphatic hydroxyl groups excluding tert-OH is 2. The number of ether oxygens (including phenoxy) is 1. The Labute approximate surface area is 270 Å². The Balaban J connectivity index is 1.35. The van der Waals surface area contributed by atoms with Crippen molar-refractivity contribution in [2.24, 2.45) is 11.8 Å². The van der Waals surface area contributed by atoms with Crippen molar-refractivity contribution in [3.63, 3.8) is 0 Å². The van der Waals surface area contributed by atoms with Crippen molar-refractivity contribution >= 4 is 24.4 Å². The topological polar surface area (TPSA) is 85.0 Å². The number of hydrogen-bond acceptors (Lipinski definition) is 5. The number of hydroxylamine groups is 1. The summed E-state index contributed by atoms with van der Waals surface area (Å²) in [5.41, 5.74) is 1.27. The third-order valence-electron chi connectivity index (χ3n) is 10.3. The fourth-order valence-electron chi connectivity index (χ4n) is 7.85. The van der Waals surface area contributed by atoms with Gasteiger partial charge in [0, 0.05) is 37.7 Å². The van der Waals surface area contributed by atoms with Crippen LogP contribution in [0.5, 0.6) is 0 Å². The molecule has 4 atom stereocenters. The van der Waals surface area contributed by atoms with Gasteiger partial charge in [-0.2, -0.15) is 0 Å². The Morgan fingerprint density at radius 3 is 2.07 bits per heavy atom. The van der Waals surface area contributed by atoms with Gasteiger partial charge < -0.3 is 24.6 Å². The number of rotatable bonds is 13. The van der Waals surface area contributed by atoms with Gasteiger partial charge in [0.15, 0.2) is 11.3 Å². The molecule has 1 spiro atoms. The predicted molar refractivity (Wildman–Crippen MR) is 183 cm³/mol. The Morgan fingerprint density at radius 1 is 0.911 bits per heavy atom. The monoisotopic (exact) mass is 629 g/mol. The van der Waals surface area contributed by atoms with Crippen molar-refractivity contribution in [1.29, 1.82) is 0 Å². The van der Waals surface area contributed by atoms with Crippen molar-refractivity contribution < 1.29 is 24.1 Å². The molecule has 3 aromatic carbocycles. The van der Waals surface area contributed by atoms with E-state index in [1.165, 1.54) is 15.1 Å². The van der Waals surface area contributed by atoms with E-state index in [0.717, 1.165) is 43.4 Å². The third kappa shape index (κ3) is 7.13. The minimum Gasteiger partial charge on any atom is -0.623 e. The van der Waals surface area contributed by atoms with Gasteiger partial charge in [0.05, 0.1) is 32.3 Å². The van der Waals surface area contributed by atoms with Gasteiger partial charge in [-0.25, -0.2) is 4.74 Å². The first-order chi connectivity index (χ1) is 21.7. The lowest BCUT2D eigenvalue weighted by atomic mass is 9.79. The number of nitrogens with zero attached hydrogens (tertiary/aromatic N) is 1. The summed E-state index contributed by atoms with van der Waals surface area (Å²) in [6.07, 6.45) is 4.64. The van der Waals surface area contributed by atoms with Crippen molar-refractivity contribution in [3.05, 3.63) is 102 Å². The maximum atomic E-state index is 14.3. The largest absolute Gasteiger partial charge is 0.623 e. The minimum atomic E-state index is -2.73. The molecule has 3 aromatic rings. The highest BCUT2D eigenvalue weighted by Gasteiger charge is 2.55. The zero-order valence-electron chi connectivity index (χ0n) is 27.2. The van der Waals surface area contributed by atoms with Crippen LogP contribution in [0.25, 0.3) is 0 Å². The quantitative estimate of drug-likeness (QED) is 0.142. The van der Waals surface area contributed by atoms with Gasteiger partial charge in [-0.3, -0.25) is 0 Å². The van der Waals surface area contributed by atoms with Gasteiger partial charge in [-0.1, -0.05) is 112 Å². The Bertz CT molecular complexity index is 1340. The molecular formula is C38H51NO5Si. The standard InChI is InChI=1S/C38H51NO5Si/c1-37(2,3)45(34-19-9-5-10-20-34,35-21-11-6-12-22-35)44-29-32-17-13-23-38(32)24-14-18-33(39(38)42)25-36(41)31(26-40)28-43-27-30-15-7-4-8-16-30/h4-12,15-16,19-22,31-32,36,40-41H,13-14,17-18,23-29H2,1-3H3/t31-,32-,36-,38+/m1/s1. The molecule has 45 heavy (non-hydrogen) atoms. The maximum Gasteiger partial charge on any atom is 0.261 e. The second-order valence-corrected chi connectivity index (χ2v) is 18.4. The number of hydrogen-bond donors (Lipinski definition) is 2. The van der Waals surface area contributed by atoms with Crippen LogP contribution >= 0.6 is 0 Å². The van der Waals surface area contributed by atoms with Crippen molar-refractivity contribution in [3.8, 4) is 0 Å². The zero-order valence-corrected chi connectivity index (χ0v) is 28.2. The maximum absolute atomic E-state index is 14.3. The van der Waals surface area contributed by atoms with E-state index in [1.54, 1.807) is 0 Å². The fourth-order valence-corrected chi connectivity index (χ4v) is 12.5. The molecule has 1 saturated carbocycles. The lowest BCUT2D eigenvalue weighted by molar-refractivity contribution is -0.567. The highest BCUT2D eigenvalue weighted by Crippen LogP contribution is 2.46. The van der Waals surface area contributed by atoms with Crippen LogP contribution in [0.1, 0.15) is 71.3 Å². The SMILES string of the molecule is CC(C)(C)[Si](OC[C@H]1CCC[C@]12CCCC(C[C@@H](O)[C@H](CO)COCc1ccccc1)=[N+]2[O-])(c1ccccc1)c1ccccc1. The Morgan fingerprint density at radius 2 is 1.49 bits per heavy atom. The predicted octanol–water partition coefficient (Wildman–Crippen LogP) is 5.81. The van der Waals surface area contributed by atoms with Gasteiger partial charge in [0.2, 0.25) is 0 Å². The second-order valence-electron chi connectivity index (χ2n) is 14.1. The number of benzene rings is 3. The summed E-state index contributed by atoms with van der Waals surface area (Å²) in [5, 5.41) is 37.9. The molecule has 2 aliphatic rings. The molecule has 0 saturated heterocycles. The summed E-state index contributed by atoms with van der Waals surface area (Å²) in [6, 6.07) is 31.2. The average molecular weight is 630 g/mol. The van der Waals surface area contributed by atoms with E-state index in [4.69, 9.17) is 9.16 Å². The minimum absolute atomic E-state index is 0.104. The molecule has 1 heterocycles. The molecule has 1 fully saturated rings. The molecular weight excluding hydrogens is 579 g/mol.